The fourth-order valence-electron chi connectivity index (χ4n) is 7.55. The van der Waals surface area contributed by atoms with E-state index in [-0.39, 0.29) is 17.5 Å². The van der Waals surface area contributed by atoms with Crippen molar-refractivity contribution in [1.29, 1.82) is 0 Å². The second-order valence-electron chi connectivity index (χ2n) is 11.9. The second-order valence-corrected chi connectivity index (χ2v) is 12.8. The Bertz CT molecular complexity index is 1760. The Kier molecular flexibility index (Phi) is 6.89. The van der Waals surface area contributed by atoms with E-state index < -0.39 is 23.4 Å². The maximum absolute atomic E-state index is 15.0. The summed E-state index contributed by atoms with van der Waals surface area (Å²) >= 11 is 1.37. The number of para-hydroxylation sites is 2. The third-order valence-electron chi connectivity index (χ3n) is 9.51. The van der Waals surface area contributed by atoms with Crippen LogP contribution in [-0.2, 0) is 16.6 Å². The predicted molar refractivity (Wildman–Crippen MR) is 173 cm³/mol. The molecular formula is C37H34N2O3S. The molecular weight excluding hydrogens is 552 g/mol. The molecule has 1 saturated heterocycles. The fourth-order valence-corrected chi connectivity index (χ4v) is 8.24. The lowest BCUT2D eigenvalue weighted by Gasteiger charge is -2.39. The fraction of sp³-hybridized carbons (Fsp3) is 0.270. The molecule has 3 aliphatic heterocycles. The summed E-state index contributed by atoms with van der Waals surface area (Å²) in [5.41, 5.74) is 4.81. The van der Waals surface area contributed by atoms with Crippen LogP contribution < -0.4 is 10.2 Å². The Hall–Kier alpha value is -4.29. The molecule has 4 atom stereocenters. The minimum Gasteiger partial charge on any atom is -0.352 e. The number of carbonyl (C=O) groups is 3. The molecule has 1 amide bonds. The highest BCUT2D eigenvalue weighted by atomic mass is 32.1. The summed E-state index contributed by atoms with van der Waals surface area (Å²) in [4.78, 5) is 46.8. The number of ketones is 2. The van der Waals surface area contributed by atoms with E-state index in [0.717, 1.165) is 48.1 Å². The number of hydrogen-bond donors (Lipinski definition) is 1. The number of aryl methyl sites for hydroxylation is 1. The first-order valence-corrected chi connectivity index (χ1v) is 16.0. The van der Waals surface area contributed by atoms with Gasteiger partial charge in [0, 0.05) is 22.5 Å². The first-order chi connectivity index (χ1) is 21.0. The second kappa shape index (κ2) is 10.8. The largest absolute Gasteiger partial charge is 0.352 e. The van der Waals surface area contributed by atoms with E-state index in [1.165, 1.54) is 16.9 Å². The van der Waals surface area contributed by atoms with Gasteiger partial charge in [0.1, 0.15) is 11.5 Å². The van der Waals surface area contributed by atoms with Gasteiger partial charge in [0.25, 0.3) is 0 Å². The van der Waals surface area contributed by atoms with Crippen LogP contribution in [0.1, 0.15) is 69.8 Å². The van der Waals surface area contributed by atoms with E-state index in [4.69, 9.17) is 0 Å². The van der Waals surface area contributed by atoms with Gasteiger partial charge < -0.3 is 10.2 Å². The molecule has 43 heavy (non-hydrogen) atoms. The summed E-state index contributed by atoms with van der Waals surface area (Å²) in [5.74, 6) is -1.49. The normalized spacial score (nSPS) is 23.4. The number of unbranched alkanes of at least 4 members (excludes halogenated alkanes) is 2. The number of amides is 1. The molecule has 5 nitrogen and oxygen atoms in total. The monoisotopic (exact) mass is 586 g/mol. The molecule has 1 N–H and O–H groups in total. The number of Topliss-reactive ketones (excluding diaryl/α,β-unsaturated/α-hetero) is 2. The summed E-state index contributed by atoms with van der Waals surface area (Å²) in [6, 6.07) is 25.8. The quantitative estimate of drug-likeness (QED) is 0.170. The molecule has 1 spiro atoms. The molecule has 3 aliphatic rings. The summed E-state index contributed by atoms with van der Waals surface area (Å²) in [7, 11) is 0. The van der Waals surface area contributed by atoms with Crippen LogP contribution in [0.2, 0.25) is 0 Å². The first kappa shape index (κ1) is 27.5. The highest BCUT2D eigenvalue weighted by molar-refractivity contribution is 7.12. The summed E-state index contributed by atoms with van der Waals surface area (Å²) in [6.07, 6.45) is 6.48. The number of rotatable bonds is 8. The van der Waals surface area contributed by atoms with Crippen LogP contribution in [-0.4, -0.2) is 29.6 Å². The van der Waals surface area contributed by atoms with Crippen LogP contribution in [0.5, 0.6) is 0 Å². The van der Waals surface area contributed by atoms with Crippen molar-refractivity contribution < 1.29 is 14.4 Å². The van der Waals surface area contributed by atoms with Crippen molar-refractivity contribution in [1.82, 2.24) is 0 Å². The Balaban J connectivity index is 1.45. The van der Waals surface area contributed by atoms with Crippen LogP contribution in [0.3, 0.4) is 0 Å². The zero-order valence-electron chi connectivity index (χ0n) is 24.4. The maximum Gasteiger partial charge on any atom is 0.238 e. The van der Waals surface area contributed by atoms with Crippen LogP contribution in [0.15, 0.2) is 96.4 Å². The average Bonchev–Trinajstić information content (AvgIpc) is 3.74. The van der Waals surface area contributed by atoms with Gasteiger partial charge in [0.05, 0.1) is 16.8 Å². The minimum absolute atomic E-state index is 0.133. The Morgan fingerprint density at radius 2 is 1.67 bits per heavy atom. The molecule has 6 heteroatoms. The molecule has 0 unspecified atom stereocenters. The third kappa shape index (κ3) is 4.14. The summed E-state index contributed by atoms with van der Waals surface area (Å²) in [5, 5.41) is 5.00. The number of nitrogens with zero attached hydrogens (tertiary/aromatic N) is 1. The number of hydrogen-bond acceptors (Lipinski definition) is 5. The number of allylic oxidation sites excluding steroid dienone is 1. The van der Waals surface area contributed by atoms with Gasteiger partial charge in [0.2, 0.25) is 5.91 Å². The number of carbonyl (C=O) groups excluding carboxylic acids is 3. The lowest BCUT2D eigenvalue weighted by Crippen LogP contribution is -2.51. The minimum atomic E-state index is -1.29. The molecule has 7 rings (SSSR count). The van der Waals surface area contributed by atoms with E-state index in [9.17, 15) is 14.4 Å². The molecule has 0 aliphatic carbocycles. The van der Waals surface area contributed by atoms with Crippen LogP contribution in [0.25, 0.3) is 5.57 Å². The van der Waals surface area contributed by atoms with Gasteiger partial charge in [-0.15, -0.1) is 11.3 Å². The van der Waals surface area contributed by atoms with Crippen molar-refractivity contribution >= 4 is 45.8 Å². The lowest BCUT2D eigenvalue weighted by atomic mass is 9.64. The maximum atomic E-state index is 15.0. The zero-order valence-corrected chi connectivity index (χ0v) is 25.2. The highest BCUT2D eigenvalue weighted by Gasteiger charge is 2.70. The first-order valence-electron chi connectivity index (χ1n) is 15.1. The van der Waals surface area contributed by atoms with Crippen molar-refractivity contribution in [3.8, 4) is 0 Å². The number of anilines is 2. The number of fused-ring (bicyclic) bond motifs is 6. The van der Waals surface area contributed by atoms with Gasteiger partial charge in [-0.05, 0) is 60.0 Å². The summed E-state index contributed by atoms with van der Waals surface area (Å²) < 4.78 is 0. The smallest absolute Gasteiger partial charge is 0.238 e. The Morgan fingerprint density at radius 3 is 2.44 bits per heavy atom. The third-order valence-corrected chi connectivity index (χ3v) is 10.4. The van der Waals surface area contributed by atoms with Crippen molar-refractivity contribution in [3.63, 3.8) is 0 Å². The van der Waals surface area contributed by atoms with Gasteiger partial charge in [-0.1, -0.05) is 92.6 Å². The van der Waals surface area contributed by atoms with Gasteiger partial charge in [-0.2, -0.15) is 0 Å². The van der Waals surface area contributed by atoms with Gasteiger partial charge in [-0.3, -0.25) is 14.4 Å². The van der Waals surface area contributed by atoms with E-state index in [1.54, 1.807) is 0 Å². The lowest BCUT2D eigenvalue weighted by molar-refractivity contribution is -0.121. The average molecular weight is 587 g/mol. The Labute approximate surface area is 256 Å². The van der Waals surface area contributed by atoms with E-state index >= 15 is 0 Å². The standard InChI is InChI=1S/C37H34N2O3S/c1-3-4-5-11-24-17-19-25(20-18-24)34(40)32-33(35(41)30-16-10-21-43-30)39-29-15-9-6-12-26(29)23(2)22-31(39)37(32)27-13-7-8-14-28(27)38-36(37)42/h6-10,12-22,31-33H,3-5,11H2,1-2H3,(H,38,42)/t31-,32-,33-,37+/m1/s1. The van der Waals surface area contributed by atoms with Crippen LogP contribution in [0.4, 0.5) is 11.4 Å². The van der Waals surface area contributed by atoms with E-state index in [2.05, 4.69) is 23.2 Å². The van der Waals surface area contributed by atoms with Gasteiger partial charge in [0.15, 0.2) is 11.6 Å². The number of thiophene rings is 1. The molecule has 4 aromatic rings. The van der Waals surface area contributed by atoms with E-state index in [0.29, 0.717) is 16.1 Å². The predicted octanol–water partition coefficient (Wildman–Crippen LogP) is 7.73. The van der Waals surface area contributed by atoms with Crippen LogP contribution >= 0.6 is 11.3 Å². The SMILES string of the molecule is CCCCCc1ccc(C(=O)[C@H]2[C@H](C(=O)c3cccs3)N3c4ccccc4C(C)=C[C@@H]3[C@]23C(=O)Nc2ccccc23)cc1. The van der Waals surface area contributed by atoms with Crippen molar-refractivity contribution in [2.75, 3.05) is 10.2 Å². The molecule has 1 aromatic heterocycles. The van der Waals surface area contributed by atoms with Crippen molar-refractivity contribution in [2.45, 2.75) is 57.0 Å². The summed E-state index contributed by atoms with van der Waals surface area (Å²) in [6.45, 7) is 4.23. The van der Waals surface area contributed by atoms with Gasteiger partial charge >= 0.3 is 0 Å². The Morgan fingerprint density at radius 1 is 0.907 bits per heavy atom. The highest BCUT2D eigenvalue weighted by Crippen LogP contribution is 2.58. The molecule has 0 saturated carbocycles. The van der Waals surface area contributed by atoms with Crippen molar-refractivity contribution in [2.24, 2.45) is 5.92 Å². The van der Waals surface area contributed by atoms with E-state index in [1.807, 2.05) is 97.2 Å². The van der Waals surface area contributed by atoms with Gasteiger partial charge in [-0.25, -0.2) is 0 Å². The van der Waals surface area contributed by atoms with Crippen molar-refractivity contribution in [3.05, 3.63) is 124 Å². The van der Waals surface area contributed by atoms with Crippen LogP contribution in [0, 0.1) is 5.92 Å². The number of benzene rings is 3. The molecule has 216 valence electrons. The molecule has 1 fully saturated rings. The molecule has 0 bridgehead atoms. The zero-order chi connectivity index (χ0) is 29.7. The number of nitrogens with one attached hydrogen (secondary N) is 1. The molecule has 3 aromatic carbocycles. The molecule has 0 radical (unpaired) electrons. The molecule has 4 heterocycles. The topological polar surface area (TPSA) is 66.5 Å².